The van der Waals surface area contributed by atoms with E-state index in [1.54, 1.807) is 6.92 Å². The Morgan fingerprint density at radius 3 is 2.61 bits per heavy atom. The number of amides is 2. The molecule has 0 unspecified atom stereocenters. The predicted molar refractivity (Wildman–Crippen MR) is 164 cm³/mol. The number of hydrazine groups is 1. The number of nitrogens with one attached hydrogen (secondary N) is 1. The molecular weight excluding hydrogens is 655 g/mol. The van der Waals surface area contributed by atoms with Crippen LogP contribution in [0.2, 0.25) is 0 Å². The Balaban J connectivity index is 1.55. The van der Waals surface area contributed by atoms with Crippen LogP contribution in [0.3, 0.4) is 0 Å². The Bertz CT molecular complexity index is 1930. The highest BCUT2D eigenvalue weighted by Crippen LogP contribution is 2.43. The SMILES string of the molecule is COC(=O)CN(C)c1ncc(-c2cc(C(F)(F)F)ccc2NC(=O)C2=C(O)[C@@]3(C)CCCN3N(Cc3cccc(F)c3F)C2=O)cc1C#N. The van der Waals surface area contributed by atoms with Gasteiger partial charge in [0.2, 0.25) is 0 Å². The summed E-state index contributed by atoms with van der Waals surface area (Å²) in [6.45, 7) is 1.06. The van der Waals surface area contributed by atoms with Gasteiger partial charge in [0.15, 0.2) is 11.6 Å². The molecule has 2 amide bonds. The van der Waals surface area contributed by atoms with Gasteiger partial charge >= 0.3 is 12.1 Å². The number of ether oxygens (including phenoxy) is 1. The predicted octanol–water partition coefficient (Wildman–Crippen LogP) is 5.09. The van der Waals surface area contributed by atoms with E-state index >= 15 is 0 Å². The fraction of sp³-hybridized carbons (Fsp3) is 0.303. The maximum atomic E-state index is 14.7. The van der Waals surface area contributed by atoms with Gasteiger partial charge in [0.05, 0.1) is 30.3 Å². The molecule has 49 heavy (non-hydrogen) atoms. The first-order chi connectivity index (χ1) is 23.1. The second kappa shape index (κ2) is 13.2. The summed E-state index contributed by atoms with van der Waals surface area (Å²) in [7, 11) is 2.62. The number of hydrogen-bond acceptors (Lipinski definition) is 9. The number of methoxy groups -OCH3 is 1. The van der Waals surface area contributed by atoms with Crippen LogP contribution in [0.15, 0.2) is 60.0 Å². The van der Waals surface area contributed by atoms with Crippen LogP contribution in [-0.2, 0) is 31.8 Å². The topological polar surface area (TPSA) is 139 Å². The van der Waals surface area contributed by atoms with Crippen LogP contribution in [0.5, 0.6) is 0 Å². The van der Waals surface area contributed by atoms with Gasteiger partial charge in [-0.1, -0.05) is 12.1 Å². The van der Waals surface area contributed by atoms with E-state index in [4.69, 9.17) is 0 Å². The number of aromatic nitrogens is 1. The van der Waals surface area contributed by atoms with Crippen LogP contribution >= 0.6 is 0 Å². The highest BCUT2D eigenvalue weighted by Gasteiger charge is 2.52. The fourth-order valence-electron chi connectivity index (χ4n) is 5.96. The smallest absolute Gasteiger partial charge is 0.416 e. The maximum Gasteiger partial charge on any atom is 0.416 e. The number of benzene rings is 2. The van der Waals surface area contributed by atoms with Gasteiger partial charge in [-0.25, -0.2) is 18.8 Å². The lowest BCUT2D eigenvalue weighted by molar-refractivity contribution is -0.160. The molecule has 3 heterocycles. The van der Waals surface area contributed by atoms with Gasteiger partial charge < -0.3 is 20.1 Å². The molecule has 0 aliphatic carbocycles. The van der Waals surface area contributed by atoms with Gasteiger partial charge in [0, 0.05) is 42.2 Å². The minimum absolute atomic E-state index is 0.0290. The molecule has 1 atom stereocenters. The van der Waals surface area contributed by atoms with Crippen LogP contribution in [0, 0.1) is 23.0 Å². The number of carbonyl (C=O) groups excluding carboxylic acids is 3. The number of anilines is 2. The molecule has 0 radical (unpaired) electrons. The van der Waals surface area contributed by atoms with Crippen LogP contribution < -0.4 is 10.2 Å². The summed E-state index contributed by atoms with van der Waals surface area (Å²) in [6, 6.07) is 8.93. The van der Waals surface area contributed by atoms with Crippen LogP contribution in [0.4, 0.5) is 33.5 Å². The lowest BCUT2D eigenvalue weighted by Gasteiger charge is -2.46. The quantitative estimate of drug-likeness (QED) is 0.189. The molecule has 2 aromatic carbocycles. The molecule has 0 spiro atoms. The Morgan fingerprint density at radius 1 is 1.20 bits per heavy atom. The minimum Gasteiger partial charge on any atom is -0.509 e. The molecule has 1 saturated heterocycles. The van der Waals surface area contributed by atoms with Crippen molar-refractivity contribution in [3.63, 3.8) is 0 Å². The second-order valence-electron chi connectivity index (χ2n) is 11.7. The number of alkyl halides is 3. The zero-order valence-corrected chi connectivity index (χ0v) is 26.4. The summed E-state index contributed by atoms with van der Waals surface area (Å²) in [5.74, 6) is -5.76. The minimum atomic E-state index is -4.81. The summed E-state index contributed by atoms with van der Waals surface area (Å²) in [6.07, 6.45) is -2.90. The zero-order chi connectivity index (χ0) is 35.8. The van der Waals surface area contributed by atoms with Crippen LogP contribution in [0.1, 0.15) is 36.5 Å². The van der Waals surface area contributed by atoms with E-state index < -0.39 is 64.6 Å². The van der Waals surface area contributed by atoms with Crippen LogP contribution in [0.25, 0.3) is 11.1 Å². The number of aliphatic hydroxyl groups is 1. The third-order valence-electron chi connectivity index (χ3n) is 8.52. The number of hydrogen-bond donors (Lipinski definition) is 2. The molecule has 16 heteroatoms. The summed E-state index contributed by atoms with van der Waals surface area (Å²) in [4.78, 5) is 44.9. The van der Waals surface area contributed by atoms with Crippen molar-refractivity contribution in [1.29, 1.82) is 5.26 Å². The van der Waals surface area contributed by atoms with Crippen molar-refractivity contribution in [2.24, 2.45) is 0 Å². The number of aliphatic hydroxyl groups excluding tert-OH is 1. The number of rotatable bonds is 8. The first-order valence-corrected chi connectivity index (χ1v) is 14.8. The number of fused-ring (bicyclic) bond motifs is 1. The fourth-order valence-corrected chi connectivity index (χ4v) is 5.96. The van der Waals surface area contributed by atoms with Gasteiger partial charge in [-0.2, -0.15) is 18.4 Å². The van der Waals surface area contributed by atoms with Crippen molar-refractivity contribution >= 4 is 29.3 Å². The average Bonchev–Trinajstić information content (AvgIpc) is 3.47. The number of pyridine rings is 1. The largest absolute Gasteiger partial charge is 0.509 e. The number of nitrogens with zero attached hydrogens (tertiary/aromatic N) is 5. The van der Waals surface area contributed by atoms with Crippen LogP contribution in [-0.4, -0.2) is 70.7 Å². The maximum absolute atomic E-state index is 14.7. The molecule has 2 aliphatic rings. The van der Waals surface area contributed by atoms with E-state index in [2.05, 4.69) is 15.0 Å². The van der Waals surface area contributed by atoms with E-state index in [1.165, 1.54) is 42.3 Å². The molecule has 3 aromatic rings. The Labute approximate surface area is 276 Å². The summed E-state index contributed by atoms with van der Waals surface area (Å²) < 4.78 is 74.8. The monoisotopic (exact) mass is 684 g/mol. The number of carbonyl (C=O) groups is 3. The standard InChI is InChI=1S/C33H29F5N6O5/c1-32-10-5-11-44(32)43(16-18-6-4-7-23(34)27(18)35)31(48)26(28(32)46)30(47)41-24-9-8-21(33(36,37)38)13-22(24)20-12-19(14-39)29(40-15-20)42(2)17-25(45)49-3/h4,6-9,12-13,15,46H,5,10-11,16-17H2,1-3H3,(H,41,47)/t32-/m1/s1. The van der Waals surface area contributed by atoms with Gasteiger partial charge in [-0.05, 0) is 50.1 Å². The van der Waals surface area contributed by atoms with E-state index in [0.29, 0.717) is 12.5 Å². The van der Waals surface area contributed by atoms with Gasteiger partial charge in [0.25, 0.3) is 11.8 Å². The molecule has 1 aromatic heterocycles. The van der Waals surface area contributed by atoms with E-state index in [0.717, 1.165) is 29.4 Å². The zero-order valence-electron chi connectivity index (χ0n) is 26.4. The number of halogens is 5. The van der Waals surface area contributed by atoms with Crippen molar-refractivity contribution in [3.05, 3.63) is 88.3 Å². The van der Waals surface area contributed by atoms with Gasteiger partial charge in [-0.15, -0.1) is 0 Å². The lowest BCUT2D eigenvalue weighted by Crippen LogP contribution is -2.60. The van der Waals surface area contributed by atoms with Gasteiger partial charge in [-0.3, -0.25) is 19.4 Å². The number of nitriles is 1. The molecule has 1 fully saturated rings. The summed E-state index contributed by atoms with van der Waals surface area (Å²) >= 11 is 0. The second-order valence-corrected chi connectivity index (χ2v) is 11.7. The molecule has 256 valence electrons. The molecular formula is C33H29F5N6O5. The summed E-state index contributed by atoms with van der Waals surface area (Å²) in [5.41, 5.74) is -3.91. The Morgan fingerprint density at radius 2 is 1.94 bits per heavy atom. The third-order valence-corrected chi connectivity index (χ3v) is 8.52. The van der Waals surface area contributed by atoms with E-state index in [1.807, 2.05) is 6.07 Å². The van der Waals surface area contributed by atoms with Gasteiger partial charge in [0.1, 0.15) is 29.8 Å². The lowest BCUT2D eigenvalue weighted by atomic mass is 9.90. The molecule has 0 bridgehead atoms. The average molecular weight is 685 g/mol. The van der Waals surface area contributed by atoms with Crippen molar-refractivity contribution in [1.82, 2.24) is 15.0 Å². The van der Waals surface area contributed by atoms with E-state index in [9.17, 15) is 46.7 Å². The first-order valence-electron chi connectivity index (χ1n) is 14.8. The van der Waals surface area contributed by atoms with Crippen molar-refractivity contribution in [2.75, 3.05) is 37.5 Å². The summed E-state index contributed by atoms with van der Waals surface area (Å²) in [5, 5.41) is 26.1. The van der Waals surface area contributed by atoms with Crippen molar-refractivity contribution in [2.45, 2.75) is 38.0 Å². The highest BCUT2D eigenvalue weighted by atomic mass is 19.4. The first kappa shape index (κ1) is 34.8. The molecule has 2 aliphatic heterocycles. The Kier molecular flexibility index (Phi) is 9.33. The van der Waals surface area contributed by atoms with Crippen molar-refractivity contribution < 1.29 is 46.2 Å². The molecule has 2 N–H and O–H groups in total. The number of esters is 1. The molecule has 0 saturated carbocycles. The van der Waals surface area contributed by atoms with Crippen molar-refractivity contribution in [3.8, 4) is 17.2 Å². The molecule has 11 nitrogen and oxygen atoms in total. The van der Waals surface area contributed by atoms with E-state index in [-0.39, 0.29) is 53.3 Å². The number of likely N-dealkylation sites (N-methyl/N-ethyl adjacent to an activating group) is 1. The highest BCUT2D eigenvalue weighted by molar-refractivity contribution is 6.24. The molecule has 5 rings (SSSR count). The Hall–Kier alpha value is -5.56. The third kappa shape index (κ3) is 6.49. The normalized spacial score (nSPS) is 17.9.